The third-order valence-electron chi connectivity index (χ3n) is 2.67. The molecule has 1 aromatic heterocycles. The van der Waals surface area contributed by atoms with E-state index in [0.29, 0.717) is 12.3 Å². The average Bonchev–Trinajstić information content (AvgIpc) is 2.42. The molecule has 5 nitrogen and oxygen atoms in total. The summed E-state index contributed by atoms with van der Waals surface area (Å²) in [4.78, 5) is 6.30. The first kappa shape index (κ1) is 14.9. The van der Waals surface area contributed by atoms with E-state index in [1.165, 1.54) is 0 Å². The van der Waals surface area contributed by atoms with E-state index in [-0.39, 0.29) is 6.61 Å². The summed E-state index contributed by atoms with van der Waals surface area (Å²) in [6, 6.07) is 3.85. The Morgan fingerprint density at radius 2 is 2.00 bits per heavy atom. The number of rotatable bonds is 9. The van der Waals surface area contributed by atoms with Gasteiger partial charge in [-0.05, 0) is 18.6 Å². The number of aliphatic hydroxyl groups excluding tert-OH is 1. The number of pyridine rings is 1. The molecule has 1 aromatic rings. The molecule has 0 bridgehead atoms. The normalized spacial score (nSPS) is 10.6. The Morgan fingerprint density at radius 1 is 1.22 bits per heavy atom. The van der Waals surface area contributed by atoms with Crippen LogP contribution in [0.15, 0.2) is 18.3 Å². The van der Waals surface area contributed by atoms with Gasteiger partial charge in [0.15, 0.2) is 0 Å². The van der Waals surface area contributed by atoms with Crippen molar-refractivity contribution in [3.05, 3.63) is 24.0 Å². The van der Waals surface area contributed by atoms with Crippen molar-refractivity contribution >= 4 is 5.69 Å². The number of hydrogen-bond acceptors (Lipinski definition) is 5. The van der Waals surface area contributed by atoms with Crippen LogP contribution in [0.4, 0.5) is 5.69 Å². The Balaban J connectivity index is 2.66. The Bertz CT molecular complexity index is 334. The summed E-state index contributed by atoms with van der Waals surface area (Å²) < 4.78 is 10.2. The van der Waals surface area contributed by atoms with Gasteiger partial charge in [-0.3, -0.25) is 4.98 Å². The van der Waals surface area contributed by atoms with E-state index in [1.54, 1.807) is 20.4 Å². The maximum absolute atomic E-state index is 9.11. The van der Waals surface area contributed by atoms with Crippen LogP contribution in [-0.2, 0) is 16.1 Å². The zero-order valence-electron chi connectivity index (χ0n) is 11.1. The van der Waals surface area contributed by atoms with E-state index in [1.807, 2.05) is 12.1 Å². The molecule has 0 aliphatic rings. The SMILES string of the molecule is COCCCN(CCOC)c1ccnc(CO)c1. The molecule has 0 unspecified atom stereocenters. The molecule has 0 aliphatic heterocycles. The summed E-state index contributed by atoms with van der Waals surface area (Å²) in [5.74, 6) is 0. The molecule has 5 heteroatoms. The fourth-order valence-electron chi connectivity index (χ4n) is 1.72. The van der Waals surface area contributed by atoms with E-state index in [4.69, 9.17) is 14.6 Å². The minimum Gasteiger partial charge on any atom is -0.390 e. The number of methoxy groups -OCH3 is 2. The van der Waals surface area contributed by atoms with Crippen LogP contribution >= 0.6 is 0 Å². The number of nitrogens with zero attached hydrogens (tertiary/aromatic N) is 2. The summed E-state index contributed by atoms with van der Waals surface area (Å²) >= 11 is 0. The van der Waals surface area contributed by atoms with Crippen molar-refractivity contribution in [2.24, 2.45) is 0 Å². The molecule has 0 amide bonds. The first-order chi connectivity index (χ1) is 8.81. The number of anilines is 1. The monoisotopic (exact) mass is 254 g/mol. The van der Waals surface area contributed by atoms with Gasteiger partial charge < -0.3 is 19.5 Å². The lowest BCUT2D eigenvalue weighted by Gasteiger charge is -2.24. The lowest BCUT2D eigenvalue weighted by Crippen LogP contribution is -2.29. The van der Waals surface area contributed by atoms with Crippen molar-refractivity contribution in [2.75, 3.05) is 45.4 Å². The van der Waals surface area contributed by atoms with Crippen molar-refractivity contribution in [1.29, 1.82) is 0 Å². The molecule has 0 radical (unpaired) electrons. The van der Waals surface area contributed by atoms with Gasteiger partial charge in [-0.25, -0.2) is 0 Å². The minimum atomic E-state index is -0.0377. The first-order valence-corrected chi connectivity index (χ1v) is 6.10. The van der Waals surface area contributed by atoms with Crippen LogP contribution in [0.2, 0.25) is 0 Å². The summed E-state index contributed by atoms with van der Waals surface area (Å²) in [5, 5.41) is 9.11. The van der Waals surface area contributed by atoms with E-state index >= 15 is 0 Å². The zero-order valence-corrected chi connectivity index (χ0v) is 11.1. The maximum atomic E-state index is 9.11. The largest absolute Gasteiger partial charge is 0.390 e. The molecule has 0 saturated heterocycles. The van der Waals surface area contributed by atoms with E-state index < -0.39 is 0 Å². The molecule has 102 valence electrons. The molecule has 0 aliphatic carbocycles. The van der Waals surface area contributed by atoms with Crippen LogP contribution in [0.5, 0.6) is 0 Å². The molecule has 0 saturated carbocycles. The molecule has 1 N–H and O–H groups in total. The average molecular weight is 254 g/mol. The highest BCUT2D eigenvalue weighted by atomic mass is 16.5. The minimum absolute atomic E-state index is 0.0377. The van der Waals surface area contributed by atoms with Crippen LogP contribution in [0, 0.1) is 0 Å². The maximum Gasteiger partial charge on any atom is 0.0853 e. The van der Waals surface area contributed by atoms with Gasteiger partial charge in [-0.1, -0.05) is 0 Å². The predicted octanol–water partition coefficient (Wildman–Crippen LogP) is 1.06. The molecule has 0 atom stereocenters. The predicted molar refractivity (Wildman–Crippen MR) is 70.7 cm³/mol. The highest BCUT2D eigenvalue weighted by Gasteiger charge is 2.07. The van der Waals surface area contributed by atoms with Gasteiger partial charge in [0.1, 0.15) is 0 Å². The smallest absolute Gasteiger partial charge is 0.0853 e. The second kappa shape index (κ2) is 8.85. The molecule has 1 rings (SSSR count). The third-order valence-corrected chi connectivity index (χ3v) is 2.67. The van der Waals surface area contributed by atoms with Gasteiger partial charge in [0.05, 0.1) is 18.9 Å². The Hall–Kier alpha value is -1.17. The van der Waals surface area contributed by atoms with Gasteiger partial charge in [0.2, 0.25) is 0 Å². The number of ether oxygens (including phenoxy) is 2. The van der Waals surface area contributed by atoms with Crippen LogP contribution in [0.25, 0.3) is 0 Å². The molecule has 0 spiro atoms. The van der Waals surface area contributed by atoms with Crippen molar-refractivity contribution < 1.29 is 14.6 Å². The van der Waals surface area contributed by atoms with Crippen LogP contribution in [-0.4, -0.2) is 50.6 Å². The lowest BCUT2D eigenvalue weighted by atomic mass is 10.2. The summed E-state index contributed by atoms with van der Waals surface area (Å²) in [5.41, 5.74) is 1.74. The molecule has 0 aromatic carbocycles. The quantitative estimate of drug-likeness (QED) is 0.668. The van der Waals surface area contributed by atoms with Crippen LogP contribution in [0.3, 0.4) is 0 Å². The zero-order chi connectivity index (χ0) is 13.2. The Morgan fingerprint density at radius 3 is 2.67 bits per heavy atom. The van der Waals surface area contributed by atoms with Gasteiger partial charge in [-0.15, -0.1) is 0 Å². The summed E-state index contributed by atoms with van der Waals surface area (Å²) in [6.45, 7) is 3.08. The van der Waals surface area contributed by atoms with Crippen LogP contribution < -0.4 is 4.90 Å². The van der Waals surface area contributed by atoms with E-state index in [2.05, 4.69) is 9.88 Å². The highest BCUT2D eigenvalue weighted by molar-refractivity contribution is 5.46. The van der Waals surface area contributed by atoms with Crippen molar-refractivity contribution in [1.82, 2.24) is 4.98 Å². The number of aromatic nitrogens is 1. The number of aliphatic hydroxyl groups is 1. The Kier molecular flexibility index (Phi) is 7.32. The second-order valence-corrected chi connectivity index (χ2v) is 3.99. The molecule has 18 heavy (non-hydrogen) atoms. The fourth-order valence-corrected chi connectivity index (χ4v) is 1.72. The van der Waals surface area contributed by atoms with Gasteiger partial charge in [0, 0.05) is 45.8 Å². The summed E-state index contributed by atoms with van der Waals surface area (Å²) in [7, 11) is 3.40. The standard InChI is InChI=1S/C13H22N2O3/c1-17-8-3-6-15(7-9-18-2)13-4-5-14-12(10-13)11-16/h4-5,10,16H,3,6-9,11H2,1-2H3. The van der Waals surface area contributed by atoms with E-state index in [0.717, 1.165) is 31.8 Å². The molecular formula is C13H22N2O3. The van der Waals surface area contributed by atoms with Crippen molar-refractivity contribution in [2.45, 2.75) is 13.0 Å². The third kappa shape index (κ3) is 5.00. The topological polar surface area (TPSA) is 54.8 Å². The van der Waals surface area contributed by atoms with E-state index in [9.17, 15) is 0 Å². The van der Waals surface area contributed by atoms with Gasteiger partial charge >= 0.3 is 0 Å². The molecule has 1 heterocycles. The van der Waals surface area contributed by atoms with Crippen LogP contribution in [0.1, 0.15) is 12.1 Å². The molecular weight excluding hydrogens is 232 g/mol. The number of hydrogen-bond donors (Lipinski definition) is 1. The summed E-state index contributed by atoms with van der Waals surface area (Å²) in [6.07, 6.45) is 2.67. The highest BCUT2D eigenvalue weighted by Crippen LogP contribution is 2.15. The first-order valence-electron chi connectivity index (χ1n) is 6.10. The lowest BCUT2D eigenvalue weighted by molar-refractivity contribution is 0.191. The fraction of sp³-hybridized carbons (Fsp3) is 0.615. The van der Waals surface area contributed by atoms with Crippen molar-refractivity contribution in [3.63, 3.8) is 0 Å². The van der Waals surface area contributed by atoms with Crippen molar-refractivity contribution in [3.8, 4) is 0 Å². The van der Waals surface area contributed by atoms with Gasteiger partial charge in [0.25, 0.3) is 0 Å². The Labute approximate surface area is 108 Å². The second-order valence-electron chi connectivity index (χ2n) is 3.99. The molecule has 0 fully saturated rings. The van der Waals surface area contributed by atoms with Gasteiger partial charge in [-0.2, -0.15) is 0 Å².